The van der Waals surface area contributed by atoms with Gasteiger partial charge in [-0.3, -0.25) is 9.59 Å². The van der Waals surface area contributed by atoms with E-state index in [4.69, 9.17) is 9.47 Å². The Balaban J connectivity index is 2.20. The molecule has 0 spiro atoms. The molecule has 0 unspecified atom stereocenters. The van der Waals surface area contributed by atoms with Gasteiger partial charge in [0.1, 0.15) is 11.5 Å². The summed E-state index contributed by atoms with van der Waals surface area (Å²) in [7, 11) is 3.06. The average molecular weight is 328 g/mol. The number of carbonyl (C=O) groups excluding carboxylic acids is 2. The minimum atomic E-state index is -0.279. The lowest BCUT2D eigenvalue weighted by Crippen LogP contribution is -2.13. The van der Waals surface area contributed by atoms with Gasteiger partial charge in [0.15, 0.2) is 0 Å². The minimum Gasteiger partial charge on any atom is -0.497 e. The zero-order valence-corrected chi connectivity index (χ0v) is 14.1. The average Bonchev–Trinajstić information content (AvgIpc) is 2.56. The molecule has 0 saturated heterocycles. The maximum Gasteiger partial charge on any atom is 0.255 e. The van der Waals surface area contributed by atoms with Crippen LogP contribution < -0.4 is 20.1 Å². The number of benzene rings is 2. The topological polar surface area (TPSA) is 76.7 Å². The second-order valence-corrected chi connectivity index (χ2v) is 5.27. The van der Waals surface area contributed by atoms with Crippen LogP contribution in [0.15, 0.2) is 36.4 Å². The van der Waals surface area contributed by atoms with Gasteiger partial charge in [-0.25, -0.2) is 0 Å². The Bertz CT molecular complexity index is 749. The third-order valence-electron chi connectivity index (χ3n) is 3.41. The Morgan fingerprint density at radius 1 is 0.917 bits per heavy atom. The fraction of sp³-hybridized carbons (Fsp3) is 0.222. The second kappa shape index (κ2) is 7.50. The molecule has 0 aliphatic carbocycles. The minimum absolute atomic E-state index is 0.140. The molecule has 6 heteroatoms. The van der Waals surface area contributed by atoms with Gasteiger partial charge in [-0.1, -0.05) is 0 Å². The number of hydrogen-bond acceptors (Lipinski definition) is 4. The summed E-state index contributed by atoms with van der Waals surface area (Å²) >= 11 is 0. The van der Waals surface area contributed by atoms with E-state index in [1.165, 1.54) is 21.1 Å². The van der Waals surface area contributed by atoms with E-state index in [1.54, 1.807) is 36.4 Å². The molecule has 2 aromatic carbocycles. The van der Waals surface area contributed by atoms with Crippen LogP contribution in [-0.4, -0.2) is 26.0 Å². The van der Waals surface area contributed by atoms with Crippen molar-refractivity contribution < 1.29 is 19.1 Å². The van der Waals surface area contributed by atoms with Gasteiger partial charge in [0.2, 0.25) is 5.91 Å². The number of amides is 2. The molecule has 0 saturated carbocycles. The van der Waals surface area contributed by atoms with Crippen LogP contribution in [0, 0.1) is 6.92 Å². The third kappa shape index (κ3) is 4.25. The lowest BCUT2D eigenvalue weighted by Gasteiger charge is -2.11. The lowest BCUT2D eigenvalue weighted by atomic mass is 10.1. The number of hydrogen-bond donors (Lipinski definition) is 2. The molecule has 6 nitrogen and oxygen atoms in total. The van der Waals surface area contributed by atoms with Crippen molar-refractivity contribution in [2.75, 3.05) is 24.9 Å². The maximum atomic E-state index is 12.4. The van der Waals surface area contributed by atoms with E-state index in [-0.39, 0.29) is 11.8 Å². The predicted octanol–water partition coefficient (Wildman–Crippen LogP) is 3.22. The van der Waals surface area contributed by atoms with Crippen LogP contribution in [0.25, 0.3) is 0 Å². The normalized spacial score (nSPS) is 10.0. The van der Waals surface area contributed by atoms with Crippen LogP contribution in [0.2, 0.25) is 0 Å². The summed E-state index contributed by atoms with van der Waals surface area (Å²) in [6.07, 6.45) is 0. The molecule has 2 N–H and O–H groups in total. The number of anilines is 2. The van der Waals surface area contributed by atoms with Gasteiger partial charge >= 0.3 is 0 Å². The Morgan fingerprint density at radius 2 is 1.54 bits per heavy atom. The second-order valence-electron chi connectivity index (χ2n) is 5.27. The van der Waals surface area contributed by atoms with Gasteiger partial charge in [0.05, 0.1) is 14.2 Å². The molecule has 0 aromatic heterocycles. The van der Waals surface area contributed by atoms with Crippen molar-refractivity contribution in [3.63, 3.8) is 0 Å². The largest absolute Gasteiger partial charge is 0.497 e. The zero-order chi connectivity index (χ0) is 17.7. The van der Waals surface area contributed by atoms with Crippen molar-refractivity contribution >= 4 is 23.2 Å². The standard InChI is InChI=1S/C18H20N2O4/c1-11-7-14(5-6-17(11)19-12(2)21)20-18(22)13-8-15(23-3)10-16(9-13)24-4/h5-10H,1-4H3,(H,19,21)(H,20,22). The molecular weight excluding hydrogens is 308 g/mol. The van der Waals surface area contributed by atoms with Gasteiger partial charge in [-0.15, -0.1) is 0 Å². The molecule has 2 aromatic rings. The number of methoxy groups -OCH3 is 2. The first kappa shape index (κ1) is 17.3. The van der Waals surface area contributed by atoms with E-state index in [1.807, 2.05) is 6.92 Å². The fourth-order valence-corrected chi connectivity index (χ4v) is 2.21. The van der Waals surface area contributed by atoms with Crippen molar-refractivity contribution in [1.29, 1.82) is 0 Å². The number of rotatable bonds is 5. The number of ether oxygens (including phenoxy) is 2. The summed E-state index contributed by atoms with van der Waals surface area (Å²) in [5.41, 5.74) is 2.62. The molecule has 126 valence electrons. The monoisotopic (exact) mass is 328 g/mol. The van der Waals surface area contributed by atoms with Crippen molar-refractivity contribution in [1.82, 2.24) is 0 Å². The Kier molecular flexibility index (Phi) is 5.42. The fourth-order valence-electron chi connectivity index (χ4n) is 2.21. The van der Waals surface area contributed by atoms with Gasteiger partial charge in [-0.2, -0.15) is 0 Å². The van der Waals surface area contributed by atoms with Crippen LogP contribution in [-0.2, 0) is 4.79 Å². The van der Waals surface area contributed by atoms with Crippen molar-refractivity contribution in [3.8, 4) is 11.5 Å². The smallest absolute Gasteiger partial charge is 0.255 e. The molecule has 0 aliphatic heterocycles. The lowest BCUT2D eigenvalue weighted by molar-refractivity contribution is -0.114. The highest BCUT2D eigenvalue weighted by atomic mass is 16.5. The summed E-state index contributed by atoms with van der Waals surface area (Å²) in [5.74, 6) is 0.658. The molecule has 0 atom stereocenters. The van der Waals surface area contributed by atoms with E-state index in [0.717, 1.165) is 5.56 Å². The van der Waals surface area contributed by atoms with Gasteiger partial charge in [0, 0.05) is 29.9 Å². The van der Waals surface area contributed by atoms with E-state index in [0.29, 0.717) is 28.4 Å². The third-order valence-corrected chi connectivity index (χ3v) is 3.41. The number of aryl methyl sites for hydroxylation is 1. The van der Waals surface area contributed by atoms with Crippen molar-refractivity contribution in [2.24, 2.45) is 0 Å². The van der Waals surface area contributed by atoms with Crippen LogP contribution in [0.5, 0.6) is 11.5 Å². The van der Waals surface area contributed by atoms with E-state index >= 15 is 0 Å². The molecule has 0 fully saturated rings. The first-order chi connectivity index (χ1) is 11.4. The highest BCUT2D eigenvalue weighted by Gasteiger charge is 2.11. The van der Waals surface area contributed by atoms with Crippen LogP contribution in [0.3, 0.4) is 0 Å². The van der Waals surface area contributed by atoms with E-state index in [9.17, 15) is 9.59 Å². The van der Waals surface area contributed by atoms with Gasteiger partial charge in [-0.05, 0) is 42.8 Å². The Labute approximate surface area is 140 Å². The van der Waals surface area contributed by atoms with Crippen LogP contribution >= 0.6 is 0 Å². The summed E-state index contributed by atoms with van der Waals surface area (Å²) < 4.78 is 10.3. The quantitative estimate of drug-likeness (QED) is 0.883. The maximum absolute atomic E-state index is 12.4. The first-order valence-electron chi connectivity index (χ1n) is 7.35. The highest BCUT2D eigenvalue weighted by molar-refractivity contribution is 6.05. The van der Waals surface area contributed by atoms with Gasteiger partial charge < -0.3 is 20.1 Å². The molecule has 24 heavy (non-hydrogen) atoms. The van der Waals surface area contributed by atoms with Crippen LogP contribution in [0.1, 0.15) is 22.8 Å². The molecular formula is C18H20N2O4. The molecule has 0 bridgehead atoms. The zero-order valence-electron chi connectivity index (χ0n) is 14.1. The first-order valence-corrected chi connectivity index (χ1v) is 7.35. The molecule has 0 heterocycles. The molecule has 0 aliphatic rings. The Hall–Kier alpha value is -3.02. The van der Waals surface area contributed by atoms with Crippen molar-refractivity contribution in [2.45, 2.75) is 13.8 Å². The summed E-state index contributed by atoms with van der Waals surface area (Å²) in [5, 5.41) is 5.55. The van der Waals surface area contributed by atoms with E-state index < -0.39 is 0 Å². The summed E-state index contributed by atoms with van der Waals surface area (Å²) in [4.78, 5) is 23.6. The summed E-state index contributed by atoms with van der Waals surface area (Å²) in [6, 6.07) is 10.2. The van der Waals surface area contributed by atoms with Crippen LogP contribution in [0.4, 0.5) is 11.4 Å². The Morgan fingerprint density at radius 3 is 2.04 bits per heavy atom. The number of carbonyl (C=O) groups is 2. The summed E-state index contributed by atoms with van der Waals surface area (Å²) in [6.45, 7) is 3.31. The van der Waals surface area contributed by atoms with E-state index in [2.05, 4.69) is 10.6 Å². The molecule has 2 amide bonds. The SMILES string of the molecule is COc1cc(OC)cc(C(=O)Nc2ccc(NC(C)=O)c(C)c2)c1. The predicted molar refractivity (Wildman–Crippen MR) is 93.0 cm³/mol. The number of nitrogens with one attached hydrogen (secondary N) is 2. The highest BCUT2D eigenvalue weighted by Crippen LogP contribution is 2.24. The molecule has 0 radical (unpaired) electrons. The van der Waals surface area contributed by atoms with Crippen molar-refractivity contribution in [3.05, 3.63) is 47.5 Å². The van der Waals surface area contributed by atoms with Gasteiger partial charge in [0.25, 0.3) is 5.91 Å². The molecule has 2 rings (SSSR count).